The fraction of sp³-hybridized carbons (Fsp3) is 0.200. The molecule has 0 fully saturated rings. The number of aromatic hydroxyl groups is 2. The average molecular weight is 227 g/mol. The van der Waals surface area contributed by atoms with Gasteiger partial charge in [0.05, 0.1) is 0 Å². The summed E-state index contributed by atoms with van der Waals surface area (Å²) in [5, 5.41) is 25.5. The van der Waals surface area contributed by atoms with E-state index in [1.807, 2.05) is 0 Å². The van der Waals surface area contributed by atoms with Gasteiger partial charge in [0.1, 0.15) is 12.3 Å². The molecule has 1 aromatic carbocycles. The van der Waals surface area contributed by atoms with Crippen LogP contribution in [0.15, 0.2) is 18.2 Å². The van der Waals surface area contributed by atoms with Crippen LogP contribution < -0.4 is 5.73 Å². The lowest BCUT2D eigenvalue weighted by Gasteiger charge is -1.95. The van der Waals surface area contributed by atoms with Crippen molar-refractivity contribution in [2.24, 2.45) is 5.73 Å². The molecule has 0 saturated carbocycles. The van der Waals surface area contributed by atoms with Gasteiger partial charge >= 0.3 is 5.97 Å². The molecular formula is C10H13NO5. The van der Waals surface area contributed by atoms with Gasteiger partial charge in [0.25, 0.3) is 0 Å². The zero-order chi connectivity index (χ0) is 12.7. The molecule has 0 aliphatic heterocycles. The van der Waals surface area contributed by atoms with Crippen LogP contribution in [0, 0.1) is 0 Å². The van der Waals surface area contributed by atoms with Gasteiger partial charge in [-0.3, -0.25) is 9.59 Å². The van der Waals surface area contributed by atoms with E-state index in [2.05, 4.69) is 0 Å². The summed E-state index contributed by atoms with van der Waals surface area (Å²) in [7, 11) is 0. The highest BCUT2D eigenvalue weighted by Gasteiger charge is 1.99. The molecular weight excluding hydrogens is 214 g/mol. The van der Waals surface area contributed by atoms with Gasteiger partial charge in [-0.05, 0) is 25.1 Å². The summed E-state index contributed by atoms with van der Waals surface area (Å²) < 4.78 is 0. The van der Waals surface area contributed by atoms with Crippen LogP contribution in [0.3, 0.4) is 0 Å². The Hall–Kier alpha value is -2.08. The first-order valence-corrected chi connectivity index (χ1v) is 4.34. The summed E-state index contributed by atoms with van der Waals surface area (Å²) in [5.74, 6) is -1.45. The van der Waals surface area contributed by atoms with Crippen LogP contribution in [-0.2, 0) is 4.79 Å². The standard InChI is InChI=1S/C7H6O3.C3H7NO2/c8-4-5-1-2-6(9)7(10)3-5;1-2(4)3(5)6/h1-4,9-10H;2H,4H2,1H3,(H,5,6)/t;2-/m.0/s1. The van der Waals surface area contributed by atoms with E-state index in [-0.39, 0.29) is 11.5 Å². The highest BCUT2D eigenvalue weighted by Crippen LogP contribution is 2.23. The van der Waals surface area contributed by atoms with Crippen molar-refractivity contribution in [1.82, 2.24) is 0 Å². The van der Waals surface area contributed by atoms with Crippen molar-refractivity contribution < 1.29 is 24.9 Å². The third-order valence-corrected chi connectivity index (χ3v) is 1.53. The molecule has 0 heterocycles. The smallest absolute Gasteiger partial charge is 0.320 e. The van der Waals surface area contributed by atoms with Crippen molar-refractivity contribution in [2.75, 3.05) is 0 Å². The first-order valence-electron chi connectivity index (χ1n) is 4.34. The molecule has 0 saturated heterocycles. The van der Waals surface area contributed by atoms with Crippen molar-refractivity contribution in [2.45, 2.75) is 13.0 Å². The predicted octanol–water partition coefficient (Wildman–Crippen LogP) is 0.329. The van der Waals surface area contributed by atoms with Crippen molar-refractivity contribution in [3.8, 4) is 11.5 Å². The van der Waals surface area contributed by atoms with Crippen LogP contribution in [0.2, 0.25) is 0 Å². The first-order chi connectivity index (χ1) is 7.38. The van der Waals surface area contributed by atoms with Gasteiger partial charge in [0, 0.05) is 5.56 Å². The minimum Gasteiger partial charge on any atom is -0.504 e. The summed E-state index contributed by atoms with van der Waals surface area (Å²) in [6.07, 6.45) is 0.596. The fourth-order valence-electron chi connectivity index (χ4n) is 0.614. The molecule has 0 unspecified atom stereocenters. The highest BCUT2D eigenvalue weighted by molar-refractivity contribution is 5.76. The number of phenolic OH excluding ortho intramolecular Hbond substituents is 2. The first kappa shape index (κ1) is 13.9. The number of phenols is 2. The monoisotopic (exact) mass is 227 g/mol. The molecule has 16 heavy (non-hydrogen) atoms. The molecule has 6 heteroatoms. The summed E-state index contributed by atoms with van der Waals surface area (Å²) in [6.45, 7) is 1.42. The van der Waals surface area contributed by atoms with E-state index in [1.54, 1.807) is 0 Å². The van der Waals surface area contributed by atoms with E-state index in [9.17, 15) is 9.59 Å². The van der Waals surface area contributed by atoms with E-state index in [0.29, 0.717) is 11.8 Å². The number of benzene rings is 1. The van der Waals surface area contributed by atoms with Crippen LogP contribution >= 0.6 is 0 Å². The molecule has 0 aliphatic carbocycles. The number of nitrogens with two attached hydrogens (primary N) is 1. The molecule has 0 spiro atoms. The summed E-state index contributed by atoms with van der Waals surface area (Å²) in [4.78, 5) is 19.7. The third kappa shape index (κ3) is 4.97. The Morgan fingerprint density at radius 3 is 2.19 bits per heavy atom. The van der Waals surface area contributed by atoms with Gasteiger partial charge in [0.2, 0.25) is 0 Å². The molecule has 6 nitrogen and oxygen atoms in total. The minimum atomic E-state index is -0.963. The second-order valence-corrected chi connectivity index (χ2v) is 2.99. The summed E-state index contributed by atoms with van der Waals surface area (Å²) >= 11 is 0. The van der Waals surface area contributed by atoms with Crippen molar-refractivity contribution in [1.29, 1.82) is 0 Å². The molecule has 88 valence electrons. The Kier molecular flexibility index (Phi) is 5.58. The quantitative estimate of drug-likeness (QED) is 0.426. The largest absolute Gasteiger partial charge is 0.504 e. The van der Waals surface area contributed by atoms with Crippen molar-refractivity contribution >= 4 is 12.3 Å². The van der Waals surface area contributed by atoms with Gasteiger partial charge in [-0.25, -0.2) is 0 Å². The number of carboxylic acid groups (broad SMARTS) is 1. The van der Waals surface area contributed by atoms with Gasteiger partial charge in [-0.15, -0.1) is 0 Å². The second kappa shape index (κ2) is 6.41. The number of aldehydes is 1. The Morgan fingerprint density at radius 2 is 1.88 bits per heavy atom. The topological polar surface area (TPSA) is 121 Å². The van der Waals surface area contributed by atoms with Crippen LogP contribution in [0.25, 0.3) is 0 Å². The number of rotatable bonds is 2. The number of carbonyl (C=O) groups is 2. The van der Waals surface area contributed by atoms with E-state index in [4.69, 9.17) is 21.1 Å². The lowest BCUT2D eigenvalue weighted by Crippen LogP contribution is -2.25. The molecule has 0 radical (unpaired) electrons. The normalized spacial score (nSPS) is 10.9. The summed E-state index contributed by atoms with van der Waals surface area (Å²) in [6, 6.07) is 3.15. The Labute approximate surface area is 91.9 Å². The maximum Gasteiger partial charge on any atom is 0.320 e. The highest BCUT2D eigenvalue weighted by atomic mass is 16.4. The lowest BCUT2D eigenvalue weighted by molar-refractivity contribution is -0.138. The molecule has 5 N–H and O–H groups in total. The molecule has 0 aliphatic rings. The molecule has 1 atom stereocenters. The number of aliphatic carboxylic acids is 1. The van der Waals surface area contributed by atoms with Gasteiger partial charge in [-0.2, -0.15) is 0 Å². The molecule has 0 aromatic heterocycles. The van der Waals surface area contributed by atoms with Crippen LogP contribution in [0.5, 0.6) is 11.5 Å². The number of carbonyl (C=O) groups excluding carboxylic acids is 1. The number of hydrogen-bond donors (Lipinski definition) is 4. The zero-order valence-corrected chi connectivity index (χ0v) is 8.62. The van der Waals surface area contributed by atoms with Gasteiger partial charge < -0.3 is 21.1 Å². The van der Waals surface area contributed by atoms with Crippen LogP contribution in [-0.4, -0.2) is 33.6 Å². The summed E-state index contributed by atoms with van der Waals surface area (Å²) in [5.41, 5.74) is 5.18. The Morgan fingerprint density at radius 1 is 1.38 bits per heavy atom. The minimum absolute atomic E-state index is 0.217. The molecule has 0 amide bonds. The Balaban J connectivity index is 0.000000325. The third-order valence-electron chi connectivity index (χ3n) is 1.53. The van der Waals surface area contributed by atoms with E-state index < -0.39 is 12.0 Å². The van der Waals surface area contributed by atoms with E-state index in [1.165, 1.54) is 25.1 Å². The van der Waals surface area contributed by atoms with Crippen LogP contribution in [0.4, 0.5) is 0 Å². The van der Waals surface area contributed by atoms with Crippen molar-refractivity contribution in [3.63, 3.8) is 0 Å². The molecule has 1 rings (SSSR count). The van der Waals surface area contributed by atoms with Gasteiger partial charge in [-0.1, -0.05) is 0 Å². The van der Waals surface area contributed by atoms with E-state index >= 15 is 0 Å². The maximum atomic E-state index is 10.1. The molecule has 0 bridgehead atoms. The predicted molar refractivity (Wildman–Crippen MR) is 56.4 cm³/mol. The number of hydrogen-bond acceptors (Lipinski definition) is 5. The SMILES string of the molecule is C[C@H](N)C(=O)O.O=Cc1ccc(O)c(O)c1. The maximum absolute atomic E-state index is 10.1. The van der Waals surface area contributed by atoms with Crippen LogP contribution in [0.1, 0.15) is 17.3 Å². The zero-order valence-electron chi connectivity index (χ0n) is 8.62. The fourth-order valence-corrected chi connectivity index (χ4v) is 0.614. The van der Waals surface area contributed by atoms with Gasteiger partial charge in [0.15, 0.2) is 11.5 Å². The van der Waals surface area contributed by atoms with Crippen molar-refractivity contribution in [3.05, 3.63) is 23.8 Å². The Bertz CT molecular complexity index is 375. The molecule has 1 aromatic rings. The average Bonchev–Trinajstić information content (AvgIpc) is 2.23. The van der Waals surface area contributed by atoms with E-state index in [0.717, 1.165) is 0 Å². The number of carboxylic acids is 1. The second-order valence-electron chi connectivity index (χ2n) is 2.99. The lowest BCUT2D eigenvalue weighted by atomic mass is 10.2.